The van der Waals surface area contributed by atoms with Crippen molar-refractivity contribution >= 4 is 28.6 Å². The molecule has 4 nitrogen and oxygen atoms in total. The predicted octanol–water partition coefficient (Wildman–Crippen LogP) is 2.72. The summed E-state index contributed by atoms with van der Waals surface area (Å²) < 4.78 is 5.42. The third-order valence-corrected chi connectivity index (χ3v) is 5.42. The first kappa shape index (κ1) is 14.7. The number of carbonyl (C=O) groups is 1. The highest BCUT2D eigenvalue weighted by atomic mass is 32.1. The first-order chi connectivity index (χ1) is 11.3. The maximum atomic E-state index is 12.6. The molecule has 3 heterocycles. The van der Waals surface area contributed by atoms with E-state index in [9.17, 15) is 4.79 Å². The van der Waals surface area contributed by atoms with Crippen molar-refractivity contribution in [1.82, 2.24) is 0 Å². The lowest BCUT2D eigenvalue weighted by Gasteiger charge is -2.29. The zero-order valence-electron chi connectivity index (χ0n) is 13.0. The Bertz CT molecular complexity index is 693. The van der Waals surface area contributed by atoms with Crippen molar-refractivity contribution in [3.63, 3.8) is 0 Å². The molecule has 2 aliphatic rings. The molecule has 2 aliphatic heterocycles. The molecule has 1 amide bonds. The maximum absolute atomic E-state index is 12.6. The lowest BCUT2D eigenvalue weighted by Crippen LogP contribution is -2.36. The van der Waals surface area contributed by atoms with Crippen LogP contribution in [0, 0.1) is 0 Å². The second-order valence-corrected chi connectivity index (χ2v) is 7.00. The van der Waals surface area contributed by atoms with Crippen LogP contribution in [0.3, 0.4) is 0 Å². The number of anilines is 2. The Hall–Kier alpha value is -1.85. The fourth-order valence-electron chi connectivity index (χ4n) is 3.32. The van der Waals surface area contributed by atoms with Crippen LogP contribution in [0.1, 0.15) is 10.4 Å². The minimum absolute atomic E-state index is 0.199. The van der Waals surface area contributed by atoms with Crippen LogP contribution in [0.2, 0.25) is 0 Å². The summed E-state index contributed by atoms with van der Waals surface area (Å²) in [5.41, 5.74) is 3.62. The standard InChI is InChI=1S/C18H20N2O2S/c21-18(13-16-2-1-11-23-16)20-6-5-14-12-15(3-4-17(14)20)19-7-9-22-10-8-19/h1-4,11-12H,5-10,13H2. The van der Waals surface area contributed by atoms with E-state index in [0.29, 0.717) is 6.42 Å². The molecule has 0 N–H and O–H groups in total. The summed E-state index contributed by atoms with van der Waals surface area (Å²) in [7, 11) is 0. The van der Waals surface area contributed by atoms with Gasteiger partial charge in [-0.25, -0.2) is 0 Å². The largest absolute Gasteiger partial charge is 0.378 e. The summed E-state index contributed by atoms with van der Waals surface area (Å²) in [6.07, 6.45) is 1.45. The van der Waals surface area contributed by atoms with Gasteiger partial charge >= 0.3 is 0 Å². The number of rotatable bonds is 3. The molecule has 2 aromatic rings. The van der Waals surface area contributed by atoms with E-state index in [0.717, 1.165) is 49.8 Å². The lowest BCUT2D eigenvalue weighted by molar-refractivity contribution is -0.117. The minimum Gasteiger partial charge on any atom is -0.378 e. The fourth-order valence-corrected chi connectivity index (χ4v) is 4.02. The molecule has 120 valence electrons. The van der Waals surface area contributed by atoms with Crippen molar-refractivity contribution in [3.8, 4) is 0 Å². The minimum atomic E-state index is 0.199. The number of ether oxygens (including phenoxy) is 1. The topological polar surface area (TPSA) is 32.8 Å². The van der Waals surface area contributed by atoms with Crippen molar-refractivity contribution in [2.24, 2.45) is 0 Å². The molecular weight excluding hydrogens is 308 g/mol. The molecule has 0 bridgehead atoms. The summed E-state index contributed by atoms with van der Waals surface area (Å²) in [6, 6.07) is 10.5. The molecule has 0 spiro atoms. The SMILES string of the molecule is O=C(Cc1cccs1)N1CCc2cc(N3CCOCC3)ccc21. The molecular formula is C18H20N2O2S. The van der Waals surface area contributed by atoms with Crippen LogP contribution in [0.15, 0.2) is 35.7 Å². The highest BCUT2D eigenvalue weighted by Gasteiger charge is 2.25. The van der Waals surface area contributed by atoms with Crippen molar-refractivity contribution in [2.45, 2.75) is 12.8 Å². The number of morpholine rings is 1. The van der Waals surface area contributed by atoms with E-state index in [-0.39, 0.29) is 5.91 Å². The van der Waals surface area contributed by atoms with Crippen LogP contribution in [0.5, 0.6) is 0 Å². The molecule has 0 aliphatic carbocycles. The Labute approximate surface area is 140 Å². The first-order valence-corrected chi connectivity index (χ1v) is 8.97. The van der Waals surface area contributed by atoms with E-state index in [2.05, 4.69) is 23.1 Å². The van der Waals surface area contributed by atoms with Crippen LogP contribution in [0.4, 0.5) is 11.4 Å². The Kier molecular flexibility index (Phi) is 4.06. The maximum Gasteiger partial charge on any atom is 0.232 e. The lowest BCUT2D eigenvalue weighted by atomic mass is 10.1. The average molecular weight is 328 g/mol. The van der Waals surface area contributed by atoms with Gasteiger partial charge in [-0.1, -0.05) is 6.07 Å². The van der Waals surface area contributed by atoms with Gasteiger partial charge in [0, 0.05) is 35.9 Å². The molecule has 1 fully saturated rings. The molecule has 0 atom stereocenters. The molecule has 1 aromatic heterocycles. The molecule has 0 saturated carbocycles. The number of thiophene rings is 1. The highest BCUT2D eigenvalue weighted by Crippen LogP contribution is 2.32. The Morgan fingerprint density at radius 2 is 2.04 bits per heavy atom. The van der Waals surface area contributed by atoms with Crippen molar-refractivity contribution in [1.29, 1.82) is 0 Å². The number of nitrogens with zero attached hydrogens (tertiary/aromatic N) is 2. The molecule has 1 saturated heterocycles. The number of amides is 1. The van der Waals surface area contributed by atoms with Crippen LogP contribution < -0.4 is 9.80 Å². The summed E-state index contributed by atoms with van der Waals surface area (Å²) >= 11 is 1.65. The monoisotopic (exact) mass is 328 g/mol. The van der Waals surface area contributed by atoms with Gasteiger partial charge in [-0.3, -0.25) is 4.79 Å². The van der Waals surface area contributed by atoms with Gasteiger partial charge < -0.3 is 14.5 Å². The zero-order valence-corrected chi connectivity index (χ0v) is 13.8. The zero-order chi connectivity index (χ0) is 15.6. The third-order valence-electron chi connectivity index (χ3n) is 4.54. The van der Waals surface area contributed by atoms with E-state index in [4.69, 9.17) is 4.74 Å². The number of hydrogen-bond acceptors (Lipinski definition) is 4. The van der Waals surface area contributed by atoms with Crippen LogP contribution in [0.25, 0.3) is 0 Å². The van der Waals surface area contributed by atoms with Crippen molar-refractivity contribution < 1.29 is 9.53 Å². The first-order valence-electron chi connectivity index (χ1n) is 8.09. The summed E-state index contributed by atoms with van der Waals surface area (Å²) in [5.74, 6) is 0.199. The normalized spacial score (nSPS) is 17.4. The van der Waals surface area contributed by atoms with E-state index >= 15 is 0 Å². The van der Waals surface area contributed by atoms with Crippen molar-refractivity contribution in [3.05, 3.63) is 46.2 Å². The Morgan fingerprint density at radius 3 is 2.83 bits per heavy atom. The quantitative estimate of drug-likeness (QED) is 0.868. The van der Waals surface area contributed by atoms with Gasteiger partial charge in [-0.05, 0) is 41.6 Å². The molecule has 4 rings (SSSR count). The Morgan fingerprint density at radius 1 is 1.17 bits per heavy atom. The molecule has 1 aromatic carbocycles. The van der Waals surface area contributed by atoms with Crippen LogP contribution in [-0.4, -0.2) is 38.8 Å². The summed E-state index contributed by atoms with van der Waals surface area (Å²) in [5, 5.41) is 2.02. The number of hydrogen-bond donors (Lipinski definition) is 0. The number of fused-ring (bicyclic) bond motifs is 1. The molecule has 23 heavy (non-hydrogen) atoms. The second kappa shape index (κ2) is 6.34. The van der Waals surface area contributed by atoms with E-state index < -0.39 is 0 Å². The number of benzene rings is 1. The van der Waals surface area contributed by atoms with Gasteiger partial charge in [-0.15, -0.1) is 11.3 Å². The average Bonchev–Trinajstić information content (AvgIpc) is 3.24. The summed E-state index contributed by atoms with van der Waals surface area (Å²) in [4.78, 5) is 18.0. The van der Waals surface area contributed by atoms with Gasteiger partial charge in [0.1, 0.15) is 0 Å². The van der Waals surface area contributed by atoms with E-state index in [1.807, 2.05) is 22.4 Å². The second-order valence-electron chi connectivity index (χ2n) is 5.96. The van der Waals surface area contributed by atoms with Gasteiger partial charge in [0.2, 0.25) is 5.91 Å². The third kappa shape index (κ3) is 2.99. The van der Waals surface area contributed by atoms with Gasteiger partial charge in [0.05, 0.1) is 19.6 Å². The van der Waals surface area contributed by atoms with Gasteiger partial charge in [-0.2, -0.15) is 0 Å². The van der Waals surface area contributed by atoms with Gasteiger partial charge in [0.15, 0.2) is 0 Å². The van der Waals surface area contributed by atoms with E-state index in [1.165, 1.54) is 11.3 Å². The van der Waals surface area contributed by atoms with E-state index in [1.54, 1.807) is 11.3 Å². The number of carbonyl (C=O) groups excluding carboxylic acids is 1. The Balaban J connectivity index is 1.51. The fraction of sp³-hybridized carbons (Fsp3) is 0.389. The smallest absolute Gasteiger partial charge is 0.232 e. The van der Waals surface area contributed by atoms with Crippen molar-refractivity contribution in [2.75, 3.05) is 42.6 Å². The predicted molar refractivity (Wildman–Crippen MR) is 93.6 cm³/mol. The highest BCUT2D eigenvalue weighted by molar-refractivity contribution is 7.10. The molecule has 0 radical (unpaired) electrons. The molecule has 5 heteroatoms. The summed E-state index contributed by atoms with van der Waals surface area (Å²) in [6.45, 7) is 4.27. The van der Waals surface area contributed by atoms with Crippen LogP contribution in [-0.2, 0) is 22.4 Å². The molecule has 0 unspecified atom stereocenters. The van der Waals surface area contributed by atoms with Gasteiger partial charge in [0.25, 0.3) is 0 Å². The van der Waals surface area contributed by atoms with Crippen LogP contribution >= 0.6 is 11.3 Å².